The molecule has 0 N–H and O–H groups in total. The van der Waals surface area contributed by atoms with Crippen molar-refractivity contribution in [2.45, 2.75) is 139 Å². The number of aromatic nitrogens is 1. The minimum absolute atomic E-state index is 0. The smallest absolute Gasteiger partial charge is 0.0267 e. The van der Waals surface area contributed by atoms with E-state index in [2.05, 4.69) is 29.3 Å². The fraction of sp³-hybridized carbons (Fsp3) is 0.710. The van der Waals surface area contributed by atoms with Crippen LogP contribution < -0.4 is 0 Å². The SMILES string of the molecule is C1=C\CC/C=C\CC/1.C1CCC(P(C2CCCCC2)C2CCCCC2)CC1.F[P-](F)(F)(F)(F)F.[Ir].c1ccncc1. The van der Waals surface area contributed by atoms with Crippen LogP contribution in [0.5, 0.6) is 0 Å². The molecule has 0 atom stereocenters. The van der Waals surface area contributed by atoms with Crippen molar-refractivity contribution in [1.29, 1.82) is 0 Å². The molecule has 0 unspecified atom stereocenters. The molecule has 1 aromatic rings. The van der Waals surface area contributed by atoms with Gasteiger partial charge in [-0.15, -0.1) is 0 Å². The predicted octanol–water partition coefficient (Wildman–Crippen LogP) is 13.6. The van der Waals surface area contributed by atoms with Crippen LogP contribution in [0.3, 0.4) is 0 Å². The molecule has 4 aliphatic rings. The topological polar surface area (TPSA) is 12.9 Å². The van der Waals surface area contributed by atoms with Crippen molar-refractivity contribution in [3.8, 4) is 0 Å². The van der Waals surface area contributed by atoms with Gasteiger partial charge in [0.25, 0.3) is 0 Å². The summed E-state index contributed by atoms with van der Waals surface area (Å²) in [6.07, 6.45) is 41.1. The van der Waals surface area contributed by atoms with Gasteiger partial charge in [-0.3, -0.25) is 4.98 Å². The van der Waals surface area contributed by atoms with Gasteiger partial charge < -0.3 is 0 Å². The minimum Gasteiger partial charge on any atom is -0.265 e. The first-order chi connectivity index (χ1) is 18.9. The third-order valence-corrected chi connectivity index (χ3v) is 12.0. The van der Waals surface area contributed by atoms with E-state index in [-0.39, 0.29) is 20.1 Å². The predicted molar refractivity (Wildman–Crippen MR) is 162 cm³/mol. The first kappa shape index (κ1) is 38.7. The van der Waals surface area contributed by atoms with Crippen LogP contribution in [0.25, 0.3) is 0 Å². The minimum atomic E-state index is -10.7. The van der Waals surface area contributed by atoms with Crippen molar-refractivity contribution in [3.05, 3.63) is 54.9 Å². The number of halogens is 6. The maximum Gasteiger partial charge on any atom is 0.0267 e. The summed E-state index contributed by atoms with van der Waals surface area (Å²) in [5.74, 6) is 0. The van der Waals surface area contributed by atoms with Gasteiger partial charge in [0.2, 0.25) is 0 Å². The number of nitrogens with zero attached hydrogens (tertiary/aromatic N) is 1. The van der Waals surface area contributed by atoms with Gasteiger partial charge in [0.05, 0.1) is 0 Å². The second-order valence-corrected chi connectivity index (χ2v) is 16.4. The van der Waals surface area contributed by atoms with Crippen LogP contribution in [0.4, 0.5) is 25.2 Å². The van der Waals surface area contributed by atoms with Crippen LogP contribution in [0.1, 0.15) is 122 Å². The third-order valence-electron chi connectivity index (χ3n) is 7.89. The van der Waals surface area contributed by atoms with Crippen molar-refractivity contribution < 1.29 is 45.3 Å². The zero-order valence-corrected chi connectivity index (χ0v) is 28.5. The summed E-state index contributed by atoms with van der Waals surface area (Å²) < 4.78 is 59.2. The van der Waals surface area contributed by atoms with Gasteiger partial charge in [0.15, 0.2) is 0 Å². The summed E-state index contributed by atoms with van der Waals surface area (Å²) in [6, 6.07) is 5.72. The summed E-state index contributed by atoms with van der Waals surface area (Å²) in [5, 5.41) is 0. The first-order valence-electron chi connectivity index (χ1n) is 15.4. The molecule has 1 heterocycles. The number of hydrogen-bond donors (Lipinski definition) is 0. The monoisotopic (exact) mass is 805 g/mol. The zero-order chi connectivity index (χ0) is 29.2. The quantitative estimate of drug-likeness (QED) is 0.168. The zero-order valence-electron chi connectivity index (χ0n) is 24.3. The Kier molecular flexibility index (Phi) is 18.1. The van der Waals surface area contributed by atoms with Gasteiger partial charge >= 0.3 is 33.0 Å². The van der Waals surface area contributed by atoms with E-state index < -0.39 is 7.81 Å². The number of hydrogen-bond acceptors (Lipinski definition) is 1. The summed E-state index contributed by atoms with van der Waals surface area (Å²) in [7, 11) is -10.3. The molecule has 41 heavy (non-hydrogen) atoms. The number of rotatable bonds is 3. The van der Waals surface area contributed by atoms with E-state index in [1.54, 1.807) is 89.4 Å². The van der Waals surface area contributed by atoms with E-state index in [0.717, 1.165) is 0 Å². The van der Waals surface area contributed by atoms with E-state index in [1.807, 2.05) is 18.2 Å². The summed E-state index contributed by atoms with van der Waals surface area (Å²) >= 11 is 0. The Hall–Kier alpha value is -0.281. The van der Waals surface area contributed by atoms with Crippen molar-refractivity contribution in [1.82, 2.24) is 4.98 Å². The van der Waals surface area contributed by atoms with Gasteiger partial charge in [-0.05, 0) is 93.3 Å². The molecule has 10 heteroatoms. The fourth-order valence-corrected chi connectivity index (χ4v) is 10.9. The van der Waals surface area contributed by atoms with E-state index in [4.69, 9.17) is 0 Å². The summed E-state index contributed by atoms with van der Waals surface area (Å²) in [4.78, 5) is 3.78. The Morgan fingerprint density at radius 2 is 0.732 bits per heavy atom. The molecule has 3 saturated carbocycles. The van der Waals surface area contributed by atoms with Gasteiger partial charge in [-0.2, -0.15) is 0 Å². The average Bonchev–Trinajstić information content (AvgIpc) is 2.90. The average molecular weight is 805 g/mol. The van der Waals surface area contributed by atoms with E-state index in [0.29, 0.717) is 7.92 Å². The molecule has 4 aliphatic carbocycles. The van der Waals surface area contributed by atoms with E-state index >= 15 is 0 Å². The molecule has 1 aromatic heterocycles. The van der Waals surface area contributed by atoms with E-state index in [1.165, 1.54) is 61.9 Å². The van der Waals surface area contributed by atoms with Crippen molar-refractivity contribution in [2.75, 3.05) is 0 Å². The maximum absolute atomic E-state index is 10.7. The fourth-order valence-electron chi connectivity index (χ4n) is 6.20. The molecule has 0 amide bonds. The number of allylic oxidation sites excluding steroid dienone is 4. The van der Waals surface area contributed by atoms with Crippen molar-refractivity contribution >= 4 is 15.7 Å². The molecule has 0 saturated heterocycles. The Balaban J connectivity index is 0.000000317. The van der Waals surface area contributed by atoms with E-state index in [9.17, 15) is 25.2 Å². The Morgan fingerprint density at radius 3 is 0.927 bits per heavy atom. The Morgan fingerprint density at radius 1 is 0.463 bits per heavy atom. The molecule has 241 valence electrons. The van der Waals surface area contributed by atoms with Crippen molar-refractivity contribution in [2.24, 2.45) is 0 Å². The third kappa shape index (κ3) is 22.9. The van der Waals surface area contributed by atoms with Crippen LogP contribution in [0, 0.1) is 0 Å². The van der Waals surface area contributed by atoms with Crippen LogP contribution >= 0.6 is 15.7 Å². The largest absolute Gasteiger partial charge is 0.265 e. The van der Waals surface area contributed by atoms with Gasteiger partial charge in [-0.1, -0.05) is 96.1 Å². The van der Waals surface area contributed by atoms with Crippen LogP contribution in [-0.2, 0) is 20.1 Å². The van der Waals surface area contributed by atoms with Gasteiger partial charge in [0, 0.05) is 32.5 Å². The molecular weight excluding hydrogens is 755 g/mol. The molecule has 0 spiro atoms. The molecule has 3 fully saturated rings. The molecular formula is C31H50F6IrNP2-. The normalized spacial score (nSPS) is 24.0. The summed E-state index contributed by atoms with van der Waals surface area (Å²) in [6.45, 7) is 0. The molecule has 0 aromatic carbocycles. The van der Waals surface area contributed by atoms with Gasteiger partial charge in [-0.25, -0.2) is 0 Å². The molecule has 5 rings (SSSR count). The van der Waals surface area contributed by atoms with Crippen molar-refractivity contribution in [3.63, 3.8) is 0 Å². The van der Waals surface area contributed by atoms with Crippen LogP contribution in [-0.4, -0.2) is 22.0 Å². The Labute approximate surface area is 259 Å². The molecule has 0 bridgehead atoms. The maximum atomic E-state index is 9.87. The second-order valence-electron chi connectivity index (χ2n) is 11.4. The van der Waals surface area contributed by atoms with Gasteiger partial charge in [0.1, 0.15) is 0 Å². The molecule has 1 nitrogen and oxygen atoms in total. The standard InChI is InChI=1S/C18H33P.C8H12.C5H5N.F6P.Ir/c1-4-10-16(11-5-1)19(17-12-6-2-7-13-17)18-14-8-3-9-15-18;1-2-4-6-8-7-5-3-1;1-2-4-6-5-3-1;1-7(2,3,4,5)6;/h16-18H,1-15H2;1-2,7-8H,3-6H2;1-5H;;/q;;;-1;/b;2-1-,8-7-;;;. The first-order valence-corrected chi connectivity index (χ1v) is 19.0. The Bertz CT molecular complexity index is 727. The second kappa shape index (κ2) is 19.2. The molecule has 1 radical (unpaired) electrons. The van der Waals surface area contributed by atoms with Crippen LogP contribution in [0.2, 0.25) is 0 Å². The molecule has 0 aliphatic heterocycles. The number of pyridine rings is 1. The summed E-state index contributed by atoms with van der Waals surface area (Å²) in [5.41, 5.74) is 3.57. The van der Waals surface area contributed by atoms with Crippen LogP contribution in [0.15, 0.2) is 54.9 Å².